The highest BCUT2D eigenvalue weighted by Gasteiger charge is 2.30. The third kappa shape index (κ3) is 3.78. The van der Waals surface area contributed by atoms with Gasteiger partial charge in [0.25, 0.3) is 0 Å². The van der Waals surface area contributed by atoms with Crippen molar-refractivity contribution in [2.45, 2.75) is 57.9 Å². The molecule has 84 valence electrons. The van der Waals surface area contributed by atoms with E-state index in [1.807, 2.05) is 0 Å². The molecule has 1 nitrogen and oxygen atoms in total. The van der Waals surface area contributed by atoms with E-state index in [0.717, 1.165) is 5.88 Å². The van der Waals surface area contributed by atoms with Crippen molar-refractivity contribution in [1.82, 2.24) is 4.90 Å². The van der Waals surface area contributed by atoms with Crippen molar-refractivity contribution in [2.24, 2.45) is 0 Å². The SMILES string of the molecule is CC1(C)CCCN1CCCCCCCl. The Hall–Kier alpha value is 0.250. The van der Waals surface area contributed by atoms with Gasteiger partial charge in [0, 0.05) is 11.4 Å². The predicted molar refractivity (Wildman–Crippen MR) is 64.1 cm³/mol. The van der Waals surface area contributed by atoms with Crippen LogP contribution in [0.25, 0.3) is 0 Å². The smallest absolute Gasteiger partial charge is 0.0223 e. The summed E-state index contributed by atoms with van der Waals surface area (Å²) in [6, 6.07) is 0. The van der Waals surface area contributed by atoms with Crippen molar-refractivity contribution in [3.63, 3.8) is 0 Å². The van der Waals surface area contributed by atoms with Gasteiger partial charge in [0.15, 0.2) is 0 Å². The summed E-state index contributed by atoms with van der Waals surface area (Å²) in [4.78, 5) is 2.65. The molecule has 1 rings (SSSR count). The van der Waals surface area contributed by atoms with Crippen LogP contribution in [0.2, 0.25) is 0 Å². The normalized spacial score (nSPS) is 21.6. The summed E-state index contributed by atoms with van der Waals surface area (Å²) >= 11 is 5.64. The number of rotatable bonds is 6. The van der Waals surface area contributed by atoms with Gasteiger partial charge in [0.1, 0.15) is 0 Å². The van der Waals surface area contributed by atoms with Gasteiger partial charge in [-0.1, -0.05) is 12.8 Å². The highest BCUT2D eigenvalue weighted by molar-refractivity contribution is 6.17. The fraction of sp³-hybridized carbons (Fsp3) is 1.00. The third-order valence-electron chi connectivity index (χ3n) is 3.38. The van der Waals surface area contributed by atoms with Crippen LogP contribution in [0.1, 0.15) is 52.4 Å². The molecule has 1 fully saturated rings. The molecule has 0 amide bonds. The highest BCUT2D eigenvalue weighted by atomic mass is 35.5. The van der Waals surface area contributed by atoms with Gasteiger partial charge in [-0.3, -0.25) is 4.90 Å². The minimum Gasteiger partial charge on any atom is -0.298 e. The molecular formula is C12H24ClN. The fourth-order valence-corrected chi connectivity index (χ4v) is 2.52. The Morgan fingerprint density at radius 1 is 1.14 bits per heavy atom. The second-order valence-electron chi connectivity index (χ2n) is 5.01. The standard InChI is InChI=1S/C12H24ClN/c1-12(2)8-7-11-14(12)10-6-4-3-5-9-13/h3-11H2,1-2H3. The van der Waals surface area contributed by atoms with Gasteiger partial charge in [0.2, 0.25) is 0 Å². The van der Waals surface area contributed by atoms with Crippen molar-refractivity contribution in [1.29, 1.82) is 0 Å². The number of alkyl halides is 1. The minimum absolute atomic E-state index is 0.465. The van der Waals surface area contributed by atoms with E-state index >= 15 is 0 Å². The van der Waals surface area contributed by atoms with Crippen molar-refractivity contribution in [3.8, 4) is 0 Å². The molecule has 0 saturated carbocycles. The maximum absolute atomic E-state index is 5.64. The quantitative estimate of drug-likeness (QED) is 0.485. The molecular weight excluding hydrogens is 194 g/mol. The number of nitrogens with zero attached hydrogens (tertiary/aromatic N) is 1. The summed E-state index contributed by atoms with van der Waals surface area (Å²) < 4.78 is 0. The first kappa shape index (κ1) is 12.3. The topological polar surface area (TPSA) is 3.24 Å². The molecule has 0 bridgehead atoms. The second kappa shape index (κ2) is 5.97. The molecule has 1 aliphatic rings. The van der Waals surface area contributed by atoms with Gasteiger partial charge in [-0.05, 0) is 52.6 Å². The lowest BCUT2D eigenvalue weighted by Gasteiger charge is -2.31. The first-order valence-electron chi connectivity index (χ1n) is 5.98. The Bertz CT molecular complexity index is 156. The zero-order chi connectivity index (χ0) is 10.4. The van der Waals surface area contributed by atoms with E-state index in [0.29, 0.717) is 5.54 Å². The molecule has 0 spiro atoms. The van der Waals surface area contributed by atoms with Crippen LogP contribution in [0.5, 0.6) is 0 Å². The predicted octanol–water partition coefficient (Wildman–Crippen LogP) is 3.66. The molecule has 0 radical (unpaired) electrons. The number of likely N-dealkylation sites (tertiary alicyclic amines) is 1. The average molecular weight is 218 g/mol. The summed E-state index contributed by atoms with van der Waals surface area (Å²) in [5, 5.41) is 0. The monoisotopic (exact) mass is 217 g/mol. The fourth-order valence-electron chi connectivity index (χ4n) is 2.33. The number of hydrogen-bond donors (Lipinski definition) is 0. The van der Waals surface area contributed by atoms with Gasteiger partial charge in [-0.15, -0.1) is 11.6 Å². The minimum atomic E-state index is 0.465. The van der Waals surface area contributed by atoms with E-state index in [2.05, 4.69) is 18.7 Å². The zero-order valence-electron chi connectivity index (χ0n) is 9.69. The van der Waals surface area contributed by atoms with Crippen LogP contribution in [0.4, 0.5) is 0 Å². The van der Waals surface area contributed by atoms with E-state index in [1.54, 1.807) is 0 Å². The largest absolute Gasteiger partial charge is 0.298 e. The van der Waals surface area contributed by atoms with Gasteiger partial charge in [0.05, 0.1) is 0 Å². The Morgan fingerprint density at radius 3 is 2.43 bits per heavy atom. The van der Waals surface area contributed by atoms with Crippen LogP contribution in [-0.2, 0) is 0 Å². The van der Waals surface area contributed by atoms with Crippen molar-refractivity contribution < 1.29 is 0 Å². The van der Waals surface area contributed by atoms with Crippen molar-refractivity contribution >= 4 is 11.6 Å². The van der Waals surface area contributed by atoms with Gasteiger partial charge >= 0.3 is 0 Å². The van der Waals surface area contributed by atoms with Crippen LogP contribution >= 0.6 is 11.6 Å². The number of hydrogen-bond acceptors (Lipinski definition) is 1. The summed E-state index contributed by atoms with van der Waals surface area (Å²) in [5.74, 6) is 0.829. The van der Waals surface area contributed by atoms with Crippen LogP contribution in [0.15, 0.2) is 0 Å². The summed E-state index contributed by atoms with van der Waals surface area (Å²) in [5.41, 5.74) is 0.465. The highest BCUT2D eigenvalue weighted by Crippen LogP contribution is 2.28. The molecule has 1 aliphatic heterocycles. The Balaban J connectivity index is 2.06. The van der Waals surface area contributed by atoms with E-state index in [-0.39, 0.29) is 0 Å². The van der Waals surface area contributed by atoms with Crippen LogP contribution in [0, 0.1) is 0 Å². The Labute approximate surface area is 93.8 Å². The molecule has 2 heteroatoms. The molecule has 0 unspecified atom stereocenters. The number of unbranched alkanes of at least 4 members (excludes halogenated alkanes) is 3. The van der Waals surface area contributed by atoms with Gasteiger partial charge in [-0.2, -0.15) is 0 Å². The van der Waals surface area contributed by atoms with E-state index in [9.17, 15) is 0 Å². The lowest BCUT2D eigenvalue weighted by atomic mass is 10.0. The molecule has 0 aromatic rings. The molecule has 0 aromatic heterocycles. The Morgan fingerprint density at radius 2 is 1.86 bits per heavy atom. The molecule has 0 aromatic carbocycles. The first-order valence-corrected chi connectivity index (χ1v) is 6.51. The molecule has 14 heavy (non-hydrogen) atoms. The first-order chi connectivity index (χ1) is 6.67. The molecule has 0 aliphatic carbocycles. The van der Waals surface area contributed by atoms with Crippen molar-refractivity contribution in [2.75, 3.05) is 19.0 Å². The third-order valence-corrected chi connectivity index (χ3v) is 3.65. The van der Waals surface area contributed by atoms with Crippen LogP contribution < -0.4 is 0 Å². The Kier molecular flexibility index (Phi) is 5.25. The van der Waals surface area contributed by atoms with Gasteiger partial charge in [-0.25, -0.2) is 0 Å². The summed E-state index contributed by atoms with van der Waals surface area (Å²) in [6.07, 6.45) is 7.94. The maximum atomic E-state index is 5.64. The maximum Gasteiger partial charge on any atom is 0.0223 e. The zero-order valence-corrected chi connectivity index (χ0v) is 10.4. The second-order valence-corrected chi connectivity index (χ2v) is 5.38. The van der Waals surface area contributed by atoms with Crippen molar-refractivity contribution in [3.05, 3.63) is 0 Å². The van der Waals surface area contributed by atoms with E-state index in [4.69, 9.17) is 11.6 Å². The molecule has 1 saturated heterocycles. The molecule has 0 N–H and O–H groups in total. The van der Waals surface area contributed by atoms with Crippen LogP contribution in [-0.4, -0.2) is 29.4 Å². The van der Waals surface area contributed by atoms with E-state index < -0.39 is 0 Å². The molecule has 1 heterocycles. The molecule has 0 atom stereocenters. The lowest BCUT2D eigenvalue weighted by Crippen LogP contribution is -2.38. The van der Waals surface area contributed by atoms with Gasteiger partial charge < -0.3 is 0 Å². The summed E-state index contributed by atoms with van der Waals surface area (Å²) in [6.45, 7) is 7.34. The lowest BCUT2D eigenvalue weighted by molar-refractivity contribution is 0.171. The number of halogens is 1. The van der Waals surface area contributed by atoms with E-state index in [1.165, 1.54) is 51.6 Å². The summed E-state index contributed by atoms with van der Waals surface area (Å²) in [7, 11) is 0. The average Bonchev–Trinajstić information content (AvgIpc) is 2.45. The van der Waals surface area contributed by atoms with Crippen LogP contribution in [0.3, 0.4) is 0 Å².